The zero-order valence-electron chi connectivity index (χ0n) is 39.0. The Morgan fingerprint density at radius 1 is 0.301 bits per heavy atom. The molecule has 0 unspecified atom stereocenters. The first-order chi connectivity index (χ1) is 36.0. The number of aromatic nitrogens is 5. The van der Waals surface area contributed by atoms with Gasteiger partial charge in [0.15, 0.2) is 11.6 Å². The van der Waals surface area contributed by atoms with E-state index < -0.39 is 0 Å². The fourth-order valence-electron chi connectivity index (χ4n) is 9.71. The third-order valence-corrected chi connectivity index (χ3v) is 13.2. The molecule has 0 amide bonds. The topological polar surface area (TPSA) is 128 Å². The molecule has 0 aliphatic rings. The number of rotatable bonds is 9. The number of fused-ring (bicyclic) bond motifs is 3. The molecular weight excluding hydrogens is 893 g/mol. The van der Waals surface area contributed by atoms with Crippen molar-refractivity contribution in [2.45, 2.75) is 0 Å². The summed E-state index contributed by atoms with van der Waals surface area (Å²) in [5.41, 5.74) is 14.4. The maximum Gasteiger partial charge on any atom is 0.160 e. The van der Waals surface area contributed by atoms with Crippen molar-refractivity contribution in [2.75, 3.05) is 0 Å². The van der Waals surface area contributed by atoms with Crippen molar-refractivity contribution < 1.29 is 0 Å². The van der Waals surface area contributed by atoms with Gasteiger partial charge in [-0.1, -0.05) is 182 Å². The number of nitriles is 3. The van der Waals surface area contributed by atoms with Crippen molar-refractivity contribution in [1.29, 1.82) is 15.8 Å². The van der Waals surface area contributed by atoms with Crippen LogP contribution in [0.5, 0.6) is 0 Å². The van der Waals surface area contributed by atoms with Gasteiger partial charge in [-0.3, -0.25) is 0 Å². The van der Waals surface area contributed by atoms with E-state index in [1.54, 1.807) is 0 Å². The average molecular weight is 931 g/mol. The molecule has 0 N–H and O–H groups in total. The predicted octanol–water partition coefficient (Wildman–Crippen LogP) is 15.3. The van der Waals surface area contributed by atoms with Crippen molar-refractivity contribution in [3.8, 4) is 114 Å². The van der Waals surface area contributed by atoms with Gasteiger partial charge in [0.05, 0.1) is 74.4 Å². The normalized spacial score (nSPS) is 11.0. The van der Waals surface area contributed by atoms with E-state index in [2.05, 4.69) is 59.2 Å². The second-order valence-corrected chi connectivity index (χ2v) is 17.5. The van der Waals surface area contributed by atoms with Crippen LogP contribution < -0.4 is 0 Å². The lowest BCUT2D eigenvalue weighted by atomic mass is 9.95. The molecule has 0 aliphatic heterocycles. The summed E-state index contributed by atoms with van der Waals surface area (Å²) >= 11 is 0. The average Bonchev–Trinajstić information content (AvgIpc) is 3.80. The van der Waals surface area contributed by atoms with Gasteiger partial charge in [-0.25, -0.2) is 19.9 Å². The Morgan fingerprint density at radius 3 is 1.07 bits per heavy atom. The van der Waals surface area contributed by atoms with E-state index in [9.17, 15) is 15.8 Å². The molecule has 338 valence electrons. The van der Waals surface area contributed by atoms with Gasteiger partial charge in [0.2, 0.25) is 0 Å². The smallest absolute Gasteiger partial charge is 0.160 e. The van der Waals surface area contributed by atoms with Crippen LogP contribution in [0.4, 0.5) is 0 Å². The van der Waals surface area contributed by atoms with Crippen LogP contribution in [0.3, 0.4) is 0 Å². The fourth-order valence-corrected chi connectivity index (χ4v) is 9.71. The largest absolute Gasteiger partial charge is 0.308 e. The number of nitrogens with zero attached hydrogens (tertiary/aromatic N) is 8. The second-order valence-electron chi connectivity index (χ2n) is 17.5. The molecule has 9 aromatic carbocycles. The van der Waals surface area contributed by atoms with E-state index in [4.69, 9.17) is 19.9 Å². The minimum Gasteiger partial charge on any atom is -0.308 e. The minimum atomic E-state index is 0.393. The van der Waals surface area contributed by atoms with Crippen LogP contribution in [-0.4, -0.2) is 24.5 Å². The number of hydrogen-bond donors (Lipinski definition) is 0. The fraction of sp³-hybridized carbons (Fsp3) is 0. The SMILES string of the molecule is N#Cc1cc(-c2cc(-c3ccccc3)nc(-c3ccccc3)n2)c(-n2c3cc(-c4ccccc4C#N)ccc3c3ccc(-c4ccccc4C#N)cc32)c(-c2cc(-c3ccccc3)nc(-c3ccccc3)n2)c1. The maximum absolute atomic E-state index is 11.1. The van der Waals surface area contributed by atoms with Gasteiger partial charge in [0.1, 0.15) is 0 Å². The molecule has 12 aromatic rings. The van der Waals surface area contributed by atoms with E-state index in [1.165, 1.54) is 0 Å². The standard InChI is InChI=1S/C65H38N8/c66-39-42-33-55(59-37-57(43-17-5-1-6-18-43)69-64(71-59)45-21-9-3-10-22-45)63(56(34-42)60-38-58(44-19-7-2-8-20-44)70-65(72-60)46-23-11-4-12-24-46)73-61-35-47(51-27-15-13-25-49(51)40-67)29-31-53(61)54-32-30-48(36-62(54)73)52-28-16-14-26-50(52)41-68/h1-38H. The quantitative estimate of drug-likeness (QED) is 0.141. The Morgan fingerprint density at radius 2 is 0.671 bits per heavy atom. The second kappa shape index (κ2) is 18.7. The van der Waals surface area contributed by atoms with Crippen LogP contribution in [0.2, 0.25) is 0 Å². The summed E-state index contributed by atoms with van der Waals surface area (Å²) in [6, 6.07) is 82.8. The van der Waals surface area contributed by atoms with E-state index in [1.807, 2.05) is 194 Å². The highest BCUT2D eigenvalue weighted by atomic mass is 15.0. The molecule has 0 saturated heterocycles. The summed E-state index contributed by atoms with van der Waals surface area (Å²) < 4.78 is 2.24. The third-order valence-electron chi connectivity index (χ3n) is 13.2. The summed E-state index contributed by atoms with van der Waals surface area (Å²) in [4.78, 5) is 21.2. The summed E-state index contributed by atoms with van der Waals surface area (Å²) in [7, 11) is 0. The van der Waals surface area contributed by atoms with Crippen LogP contribution in [0.25, 0.3) is 118 Å². The van der Waals surface area contributed by atoms with Gasteiger partial charge in [-0.15, -0.1) is 0 Å². The summed E-state index contributed by atoms with van der Waals surface area (Å²) in [6.45, 7) is 0. The molecule has 12 rings (SSSR count). The highest BCUT2D eigenvalue weighted by Gasteiger charge is 2.26. The van der Waals surface area contributed by atoms with Crippen LogP contribution in [0.1, 0.15) is 16.7 Å². The lowest BCUT2D eigenvalue weighted by Gasteiger charge is -2.21. The Hall–Kier alpha value is -10.6. The number of hydrogen-bond acceptors (Lipinski definition) is 7. The molecule has 0 saturated carbocycles. The molecule has 0 fully saturated rings. The molecule has 0 atom stereocenters. The van der Waals surface area contributed by atoms with Crippen LogP contribution in [0.15, 0.2) is 231 Å². The highest BCUT2D eigenvalue weighted by molar-refractivity contribution is 6.12. The summed E-state index contributed by atoms with van der Waals surface area (Å²) in [5.74, 6) is 1.03. The molecule has 8 heteroatoms. The minimum absolute atomic E-state index is 0.393. The van der Waals surface area contributed by atoms with Crippen molar-refractivity contribution in [3.05, 3.63) is 247 Å². The molecule has 3 aromatic heterocycles. The molecule has 0 spiro atoms. The number of benzene rings is 9. The lowest BCUT2D eigenvalue weighted by molar-refractivity contribution is 1.14. The van der Waals surface area contributed by atoms with Crippen molar-refractivity contribution >= 4 is 21.8 Å². The Bertz CT molecular complexity index is 3840. The predicted molar refractivity (Wildman–Crippen MR) is 290 cm³/mol. The molecule has 0 radical (unpaired) electrons. The van der Waals surface area contributed by atoms with E-state index in [-0.39, 0.29) is 0 Å². The molecule has 0 aliphatic carbocycles. The monoisotopic (exact) mass is 930 g/mol. The van der Waals surface area contributed by atoms with Crippen LogP contribution >= 0.6 is 0 Å². The highest BCUT2D eigenvalue weighted by Crippen LogP contribution is 2.45. The van der Waals surface area contributed by atoms with Gasteiger partial charge in [-0.05, 0) is 70.8 Å². The van der Waals surface area contributed by atoms with Crippen LogP contribution in [0, 0.1) is 34.0 Å². The van der Waals surface area contributed by atoms with Gasteiger partial charge in [-0.2, -0.15) is 15.8 Å². The Kier molecular flexibility index (Phi) is 11.2. The van der Waals surface area contributed by atoms with E-state index in [0.29, 0.717) is 67.9 Å². The Labute approximate surface area is 421 Å². The molecule has 8 nitrogen and oxygen atoms in total. The molecule has 3 heterocycles. The Balaban J connectivity index is 1.27. The van der Waals surface area contributed by atoms with Gasteiger partial charge >= 0.3 is 0 Å². The molecule has 0 bridgehead atoms. The molecule has 73 heavy (non-hydrogen) atoms. The molecular formula is C65H38N8. The van der Waals surface area contributed by atoms with Crippen LogP contribution in [-0.2, 0) is 0 Å². The van der Waals surface area contributed by atoms with Gasteiger partial charge < -0.3 is 4.57 Å². The van der Waals surface area contributed by atoms with Crippen molar-refractivity contribution in [1.82, 2.24) is 24.5 Å². The summed E-state index contributed by atoms with van der Waals surface area (Å²) in [5, 5.41) is 33.8. The lowest BCUT2D eigenvalue weighted by Crippen LogP contribution is -2.06. The van der Waals surface area contributed by atoms with Crippen molar-refractivity contribution in [3.63, 3.8) is 0 Å². The zero-order valence-corrected chi connectivity index (χ0v) is 39.0. The maximum atomic E-state index is 11.1. The third kappa shape index (κ3) is 8.12. The zero-order chi connectivity index (χ0) is 49.3. The first-order valence-electron chi connectivity index (χ1n) is 23.7. The van der Waals surface area contributed by atoms with Gasteiger partial charge in [0.25, 0.3) is 0 Å². The van der Waals surface area contributed by atoms with E-state index in [0.717, 1.165) is 66.3 Å². The first kappa shape index (κ1) is 43.7. The summed E-state index contributed by atoms with van der Waals surface area (Å²) in [6.07, 6.45) is 0. The van der Waals surface area contributed by atoms with E-state index >= 15 is 0 Å². The van der Waals surface area contributed by atoms with Crippen molar-refractivity contribution in [2.24, 2.45) is 0 Å². The van der Waals surface area contributed by atoms with Gasteiger partial charge in [0, 0.05) is 44.2 Å². The first-order valence-corrected chi connectivity index (χ1v) is 23.7.